The zero-order valence-electron chi connectivity index (χ0n) is 14.0. The number of hydrogen-bond acceptors (Lipinski definition) is 6. The van der Waals surface area contributed by atoms with Crippen molar-refractivity contribution in [2.45, 2.75) is 76.9 Å². The Morgan fingerprint density at radius 1 is 1.17 bits per heavy atom. The molecule has 23 heavy (non-hydrogen) atoms. The molecule has 1 heterocycles. The van der Waals surface area contributed by atoms with E-state index in [1.165, 1.54) is 12.8 Å². The van der Waals surface area contributed by atoms with Gasteiger partial charge in [0.25, 0.3) is 0 Å². The standard InChI is InChI=1S/C16H27N3O3S/c1-3-5-7-9-12(10-8-6-4-2)18-19-16-17-15(22)13(23-16)11-14(20)21/h13H,3-11H2,1-2H3,(H,20,21)(H,17,19,22)/p-1/t13-/m0/s1. The van der Waals surface area contributed by atoms with Crippen molar-refractivity contribution in [2.24, 2.45) is 10.2 Å². The highest BCUT2D eigenvalue weighted by Crippen LogP contribution is 2.22. The Labute approximate surface area is 142 Å². The van der Waals surface area contributed by atoms with Gasteiger partial charge in [-0.25, -0.2) is 0 Å². The summed E-state index contributed by atoms with van der Waals surface area (Å²) in [5.74, 6) is -1.58. The van der Waals surface area contributed by atoms with Crippen LogP contribution in [0, 0.1) is 0 Å². The van der Waals surface area contributed by atoms with Crippen LogP contribution in [-0.4, -0.2) is 28.0 Å². The first-order valence-electron chi connectivity index (χ1n) is 8.37. The number of amides is 1. The van der Waals surface area contributed by atoms with E-state index in [-0.39, 0.29) is 12.3 Å². The number of carboxylic acids is 1. The number of amidine groups is 1. The number of nitrogens with one attached hydrogen (secondary N) is 1. The lowest BCUT2D eigenvalue weighted by Crippen LogP contribution is -2.31. The van der Waals surface area contributed by atoms with Crippen LogP contribution in [0.25, 0.3) is 0 Å². The van der Waals surface area contributed by atoms with E-state index in [0.717, 1.165) is 56.0 Å². The minimum Gasteiger partial charge on any atom is -0.550 e. The van der Waals surface area contributed by atoms with Gasteiger partial charge in [0.1, 0.15) is 0 Å². The number of carboxylic acid groups (broad SMARTS) is 1. The fourth-order valence-corrected chi connectivity index (χ4v) is 3.14. The van der Waals surface area contributed by atoms with Gasteiger partial charge in [0.2, 0.25) is 5.91 Å². The number of carbonyl (C=O) groups excluding carboxylic acids is 2. The minimum atomic E-state index is -1.23. The molecule has 0 bridgehead atoms. The molecule has 1 saturated heterocycles. The van der Waals surface area contributed by atoms with Crippen LogP contribution in [0.15, 0.2) is 10.2 Å². The van der Waals surface area contributed by atoms with Gasteiger partial charge in [0, 0.05) is 18.1 Å². The molecule has 1 N–H and O–H groups in total. The third-order valence-corrected chi connectivity index (χ3v) is 4.62. The molecule has 0 aromatic rings. The number of nitrogens with zero attached hydrogens (tertiary/aromatic N) is 2. The van der Waals surface area contributed by atoms with Crippen LogP contribution in [0.3, 0.4) is 0 Å². The SMILES string of the molecule is CCCCCC(CCCCC)=N/N=C1/NC(=O)[C@H](CC(=O)[O-])S1. The maximum absolute atomic E-state index is 11.6. The smallest absolute Gasteiger partial charge is 0.239 e. The van der Waals surface area contributed by atoms with Crippen molar-refractivity contribution in [1.29, 1.82) is 0 Å². The molecule has 0 aromatic carbocycles. The molecule has 1 rings (SSSR count). The zero-order chi connectivity index (χ0) is 17.1. The van der Waals surface area contributed by atoms with Gasteiger partial charge >= 0.3 is 0 Å². The van der Waals surface area contributed by atoms with Gasteiger partial charge < -0.3 is 15.2 Å². The van der Waals surface area contributed by atoms with Crippen LogP contribution in [0.1, 0.15) is 71.6 Å². The van der Waals surface area contributed by atoms with Crippen molar-refractivity contribution in [3.8, 4) is 0 Å². The van der Waals surface area contributed by atoms with E-state index in [0.29, 0.717) is 5.17 Å². The Bertz CT molecular complexity index is 451. The van der Waals surface area contributed by atoms with Gasteiger partial charge in [-0.05, 0) is 25.7 Å². The molecule has 0 radical (unpaired) electrons. The second-order valence-electron chi connectivity index (χ2n) is 5.66. The highest BCUT2D eigenvalue weighted by molar-refractivity contribution is 8.15. The summed E-state index contributed by atoms with van der Waals surface area (Å²) in [5, 5.41) is 21.3. The van der Waals surface area contributed by atoms with Gasteiger partial charge in [0.05, 0.1) is 5.25 Å². The van der Waals surface area contributed by atoms with Crippen molar-refractivity contribution in [3.63, 3.8) is 0 Å². The number of unbranched alkanes of at least 4 members (excludes halogenated alkanes) is 4. The van der Waals surface area contributed by atoms with Crippen LogP contribution >= 0.6 is 11.8 Å². The Balaban J connectivity index is 2.62. The lowest BCUT2D eigenvalue weighted by molar-refractivity contribution is -0.305. The molecular weight excluding hydrogens is 314 g/mol. The van der Waals surface area contributed by atoms with E-state index in [2.05, 4.69) is 29.4 Å². The largest absolute Gasteiger partial charge is 0.550 e. The lowest BCUT2D eigenvalue weighted by atomic mass is 10.1. The molecule has 1 atom stereocenters. The van der Waals surface area contributed by atoms with Crippen LogP contribution in [0.4, 0.5) is 0 Å². The first kappa shape index (κ1) is 19.7. The summed E-state index contributed by atoms with van der Waals surface area (Å²) >= 11 is 1.11. The lowest BCUT2D eigenvalue weighted by Gasteiger charge is -2.05. The van der Waals surface area contributed by atoms with Crippen molar-refractivity contribution >= 4 is 34.5 Å². The van der Waals surface area contributed by atoms with E-state index in [9.17, 15) is 14.7 Å². The number of carbonyl (C=O) groups is 2. The number of hydrogen-bond donors (Lipinski definition) is 1. The summed E-state index contributed by atoms with van der Waals surface area (Å²) in [7, 11) is 0. The van der Waals surface area contributed by atoms with Gasteiger partial charge in [-0.2, -0.15) is 5.10 Å². The van der Waals surface area contributed by atoms with Crippen LogP contribution in [0.2, 0.25) is 0 Å². The van der Waals surface area contributed by atoms with Gasteiger partial charge in [-0.3, -0.25) is 4.79 Å². The summed E-state index contributed by atoms with van der Waals surface area (Å²) in [4.78, 5) is 22.2. The molecule has 0 aliphatic carbocycles. The number of thioether (sulfide) groups is 1. The van der Waals surface area contributed by atoms with E-state index in [1.807, 2.05) is 0 Å². The number of aliphatic carboxylic acids is 1. The summed E-state index contributed by atoms with van der Waals surface area (Å²) in [6, 6.07) is 0. The van der Waals surface area contributed by atoms with E-state index in [4.69, 9.17) is 0 Å². The monoisotopic (exact) mass is 340 g/mol. The third kappa shape index (κ3) is 8.16. The van der Waals surface area contributed by atoms with Crippen molar-refractivity contribution in [2.75, 3.05) is 0 Å². The molecule has 0 unspecified atom stereocenters. The topological polar surface area (TPSA) is 94.0 Å². The quantitative estimate of drug-likeness (QED) is 0.354. The summed E-state index contributed by atoms with van der Waals surface area (Å²) in [6.45, 7) is 4.33. The highest BCUT2D eigenvalue weighted by atomic mass is 32.2. The predicted octanol–water partition coefficient (Wildman–Crippen LogP) is 2.23. The molecule has 0 aromatic heterocycles. The van der Waals surface area contributed by atoms with E-state index >= 15 is 0 Å². The third-order valence-electron chi connectivity index (χ3n) is 3.55. The molecule has 7 heteroatoms. The van der Waals surface area contributed by atoms with E-state index < -0.39 is 11.2 Å². The first-order valence-corrected chi connectivity index (χ1v) is 9.25. The van der Waals surface area contributed by atoms with Crippen LogP contribution in [-0.2, 0) is 9.59 Å². The molecule has 130 valence electrons. The molecule has 1 amide bonds. The van der Waals surface area contributed by atoms with Gasteiger partial charge in [-0.1, -0.05) is 51.3 Å². The van der Waals surface area contributed by atoms with Gasteiger partial charge in [0.15, 0.2) is 5.17 Å². The summed E-state index contributed by atoms with van der Waals surface area (Å²) in [6.07, 6.45) is 8.40. The molecule has 6 nitrogen and oxygen atoms in total. The molecule has 0 saturated carbocycles. The van der Waals surface area contributed by atoms with Crippen LogP contribution in [0.5, 0.6) is 0 Å². The predicted molar refractivity (Wildman–Crippen MR) is 92.3 cm³/mol. The molecule has 1 aliphatic rings. The molecular formula is C16H26N3O3S-. The fraction of sp³-hybridized carbons (Fsp3) is 0.750. The van der Waals surface area contributed by atoms with Crippen LogP contribution < -0.4 is 10.4 Å². The Hall–Kier alpha value is -1.37. The Kier molecular flexibility index (Phi) is 9.59. The van der Waals surface area contributed by atoms with E-state index in [1.54, 1.807) is 0 Å². The van der Waals surface area contributed by atoms with Crippen molar-refractivity contribution in [3.05, 3.63) is 0 Å². The average Bonchev–Trinajstić information content (AvgIpc) is 2.84. The maximum Gasteiger partial charge on any atom is 0.239 e. The summed E-state index contributed by atoms with van der Waals surface area (Å²) in [5.41, 5.74) is 1.05. The van der Waals surface area contributed by atoms with Gasteiger partial charge in [-0.15, -0.1) is 5.10 Å². The van der Waals surface area contributed by atoms with Crippen molar-refractivity contribution in [1.82, 2.24) is 5.32 Å². The fourth-order valence-electron chi connectivity index (χ4n) is 2.24. The summed E-state index contributed by atoms with van der Waals surface area (Å²) < 4.78 is 0. The Morgan fingerprint density at radius 3 is 2.30 bits per heavy atom. The van der Waals surface area contributed by atoms with Crippen molar-refractivity contribution < 1.29 is 14.7 Å². The maximum atomic E-state index is 11.6. The highest BCUT2D eigenvalue weighted by Gasteiger charge is 2.30. The minimum absolute atomic E-state index is 0.306. The normalized spacial score (nSPS) is 19.0. The number of rotatable bonds is 11. The Morgan fingerprint density at radius 2 is 1.78 bits per heavy atom. The second-order valence-corrected chi connectivity index (χ2v) is 6.85. The second kappa shape index (κ2) is 11.2. The molecule has 1 aliphatic heterocycles. The first-order chi connectivity index (χ1) is 11.1. The average molecular weight is 340 g/mol. The molecule has 1 fully saturated rings. The molecule has 0 spiro atoms. The zero-order valence-corrected chi connectivity index (χ0v) is 14.8.